The van der Waals surface area contributed by atoms with Crippen molar-refractivity contribution in [3.8, 4) is 0 Å². The first kappa shape index (κ1) is 12.0. The van der Waals surface area contributed by atoms with Gasteiger partial charge in [-0.3, -0.25) is 0 Å². The molecule has 2 heterocycles. The van der Waals surface area contributed by atoms with Crippen LogP contribution in [-0.4, -0.2) is 8.42 Å². The zero-order chi connectivity index (χ0) is 13.6. The molecule has 0 fully saturated rings. The number of hydrogen-bond donors (Lipinski definition) is 0. The van der Waals surface area contributed by atoms with Crippen LogP contribution in [0.4, 0.5) is 0 Å². The van der Waals surface area contributed by atoms with E-state index in [1.165, 1.54) is 0 Å². The normalized spacial score (nSPS) is 16.6. The van der Waals surface area contributed by atoms with Gasteiger partial charge in [0.2, 0.25) is 0 Å². The van der Waals surface area contributed by atoms with Gasteiger partial charge in [-0.15, -0.1) is 0 Å². The molecule has 0 radical (unpaired) electrons. The lowest BCUT2D eigenvalue weighted by Gasteiger charge is -2.11. The van der Waals surface area contributed by atoms with Crippen molar-refractivity contribution in [1.82, 2.24) is 0 Å². The quantitative estimate of drug-likeness (QED) is 0.558. The van der Waals surface area contributed by atoms with E-state index in [1.807, 2.05) is 0 Å². The summed E-state index contributed by atoms with van der Waals surface area (Å²) < 4.78 is 33.5. The number of fused-ring (bicyclic) bond motifs is 3. The fourth-order valence-electron chi connectivity index (χ4n) is 2.15. The summed E-state index contributed by atoms with van der Waals surface area (Å²) in [6.45, 7) is 1.72. The number of para-hydroxylation sites is 1. The van der Waals surface area contributed by atoms with E-state index in [-0.39, 0.29) is 11.0 Å². The number of hydrogen-bond acceptors (Lipinski definition) is 5. The molecule has 1 aromatic heterocycles. The highest BCUT2D eigenvalue weighted by molar-refractivity contribution is 7.94. The second-order valence-corrected chi connectivity index (χ2v) is 5.53. The minimum atomic E-state index is -3.81. The Kier molecular flexibility index (Phi) is 2.50. The molecule has 0 N–H and O–H groups in total. The third-order valence-corrected chi connectivity index (χ3v) is 3.89. The highest BCUT2D eigenvalue weighted by Crippen LogP contribution is 2.13. The molecule has 0 amide bonds. The van der Waals surface area contributed by atoms with Gasteiger partial charge in [0.25, 0.3) is 0 Å². The summed E-state index contributed by atoms with van der Waals surface area (Å²) >= 11 is 0. The third-order valence-electron chi connectivity index (χ3n) is 2.93. The molecule has 0 aliphatic carbocycles. The molecule has 98 valence electrons. The maximum Gasteiger partial charge on any atom is 0.347 e. The molecule has 6 heteroatoms. The Morgan fingerprint density at radius 1 is 1.21 bits per heavy atom. The standard InChI is InChI=1S/C13H10O5S/c1-2-10-12-9(7-19(15,16)18-10)8-5-3-4-6-11(8)17-13(12)14/h3-7H,2H2,1H3. The second kappa shape index (κ2) is 3.96. The molecule has 1 aromatic carbocycles. The Morgan fingerprint density at radius 2 is 1.95 bits per heavy atom. The van der Waals surface area contributed by atoms with Crippen LogP contribution in [0.15, 0.2) is 33.5 Å². The average molecular weight is 278 g/mol. The van der Waals surface area contributed by atoms with Crippen LogP contribution >= 0.6 is 0 Å². The van der Waals surface area contributed by atoms with Crippen LogP contribution < -0.4 is 16.1 Å². The SMILES string of the molecule is CCC1=c2c(=O)oc3ccccc3c2=CS(=O)(=O)O1. The highest BCUT2D eigenvalue weighted by Gasteiger charge is 2.20. The van der Waals surface area contributed by atoms with E-state index < -0.39 is 15.7 Å². The van der Waals surface area contributed by atoms with E-state index in [0.29, 0.717) is 22.6 Å². The topological polar surface area (TPSA) is 73.6 Å². The number of rotatable bonds is 1. The van der Waals surface area contributed by atoms with E-state index in [9.17, 15) is 13.2 Å². The molecule has 0 atom stereocenters. The molecular weight excluding hydrogens is 268 g/mol. The minimum absolute atomic E-state index is 0.122. The van der Waals surface area contributed by atoms with E-state index in [1.54, 1.807) is 31.2 Å². The van der Waals surface area contributed by atoms with Gasteiger partial charge in [0, 0.05) is 17.0 Å². The Bertz CT molecular complexity index is 951. The van der Waals surface area contributed by atoms with Crippen LogP contribution in [0.2, 0.25) is 0 Å². The van der Waals surface area contributed by atoms with Crippen molar-refractivity contribution in [2.45, 2.75) is 13.3 Å². The van der Waals surface area contributed by atoms with Crippen LogP contribution in [0.5, 0.6) is 0 Å². The lowest BCUT2D eigenvalue weighted by Crippen LogP contribution is -2.44. The Hall–Kier alpha value is -2.08. The molecule has 3 rings (SSSR count). The molecule has 0 spiro atoms. The van der Waals surface area contributed by atoms with Crippen LogP contribution in [0.1, 0.15) is 13.3 Å². The maximum atomic E-state index is 12.0. The zero-order valence-electron chi connectivity index (χ0n) is 10.0. The van der Waals surface area contributed by atoms with Gasteiger partial charge in [-0.1, -0.05) is 25.1 Å². The van der Waals surface area contributed by atoms with E-state index in [0.717, 1.165) is 5.41 Å². The van der Waals surface area contributed by atoms with Crippen LogP contribution in [0.25, 0.3) is 22.1 Å². The molecule has 19 heavy (non-hydrogen) atoms. The summed E-state index contributed by atoms with van der Waals surface area (Å²) in [5, 5.41) is 2.08. The summed E-state index contributed by atoms with van der Waals surface area (Å²) in [4.78, 5) is 12.0. The monoisotopic (exact) mass is 278 g/mol. The van der Waals surface area contributed by atoms with Crippen LogP contribution in [-0.2, 0) is 14.3 Å². The summed E-state index contributed by atoms with van der Waals surface area (Å²) in [5.74, 6) is 0.122. The van der Waals surface area contributed by atoms with Gasteiger partial charge >= 0.3 is 15.7 Å². The van der Waals surface area contributed by atoms with Gasteiger partial charge in [-0.2, -0.15) is 8.42 Å². The van der Waals surface area contributed by atoms with E-state index in [4.69, 9.17) is 8.60 Å². The van der Waals surface area contributed by atoms with Gasteiger partial charge in [0.15, 0.2) is 0 Å². The van der Waals surface area contributed by atoms with Crippen molar-refractivity contribution in [2.75, 3.05) is 0 Å². The van der Waals surface area contributed by atoms with Crippen molar-refractivity contribution < 1.29 is 17.0 Å². The first-order chi connectivity index (χ1) is 9.02. The first-order valence-electron chi connectivity index (χ1n) is 5.73. The van der Waals surface area contributed by atoms with Crippen molar-refractivity contribution in [3.05, 3.63) is 45.1 Å². The fourth-order valence-corrected chi connectivity index (χ4v) is 3.21. The highest BCUT2D eigenvalue weighted by atomic mass is 32.2. The largest absolute Gasteiger partial charge is 0.422 e. The Labute approximate surface area is 108 Å². The Morgan fingerprint density at radius 3 is 2.68 bits per heavy atom. The summed E-state index contributed by atoms with van der Waals surface area (Å²) in [6, 6.07) is 6.81. The molecular formula is C13H10O5S. The predicted octanol–water partition coefficient (Wildman–Crippen LogP) is 0.409. The lowest BCUT2D eigenvalue weighted by atomic mass is 10.1. The van der Waals surface area contributed by atoms with E-state index in [2.05, 4.69) is 0 Å². The van der Waals surface area contributed by atoms with Crippen molar-refractivity contribution in [1.29, 1.82) is 0 Å². The smallest absolute Gasteiger partial charge is 0.347 e. The average Bonchev–Trinajstić information content (AvgIpc) is 2.36. The van der Waals surface area contributed by atoms with Gasteiger partial charge < -0.3 is 8.60 Å². The molecule has 1 aliphatic heterocycles. The summed E-state index contributed by atoms with van der Waals surface area (Å²) in [7, 11) is -3.81. The molecule has 0 saturated carbocycles. The van der Waals surface area contributed by atoms with Gasteiger partial charge in [0.1, 0.15) is 16.6 Å². The van der Waals surface area contributed by atoms with Gasteiger partial charge in [-0.05, 0) is 6.07 Å². The summed E-state index contributed by atoms with van der Waals surface area (Å²) in [6.07, 6.45) is 0.295. The minimum Gasteiger partial charge on any atom is -0.422 e. The van der Waals surface area contributed by atoms with Crippen LogP contribution in [0.3, 0.4) is 0 Å². The Balaban J connectivity index is 2.72. The molecule has 5 nitrogen and oxygen atoms in total. The summed E-state index contributed by atoms with van der Waals surface area (Å²) in [5.41, 5.74) is -0.230. The molecule has 1 aliphatic rings. The molecule has 0 unspecified atom stereocenters. The van der Waals surface area contributed by atoms with Crippen molar-refractivity contribution in [3.63, 3.8) is 0 Å². The fraction of sp³-hybridized carbons (Fsp3) is 0.154. The van der Waals surface area contributed by atoms with Crippen molar-refractivity contribution in [2.24, 2.45) is 0 Å². The maximum absolute atomic E-state index is 12.0. The lowest BCUT2D eigenvalue weighted by molar-refractivity contribution is 0.456. The molecule has 0 saturated heterocycles. The van der Waals surface area contributed by atoms with Gasteiger partial charge in [0.05, 0.1) is 5.41 Å². The molecule has 2 aromatic rings. The van der Waals surface area contributed by atoms with Crippen LogP contribution in [0, 0.1) is 0 Å². The second-order valence-electron chi connectivity index (χ2n) is 4.15. The first-order valence-corrected chi connectivity index (χ1v) is 7.20. The molecule has 0 bridgehead atoms. The van der Waals surface area contributed by atoms with E-state index >= 15 is 0 Å². The predicted molar refractivity (Wildman–Crippen MR) is 69.9 cm³/mol. The third kappa shape index (κ3) is 1.84. The van der Waals surface area contributed by atoms with Crippen molar-refractivity contribution >= 4 is 32.3 Å². The zero-order valence-corrected chi connectivity index (χ0v) is 10.9. The van der Waals surface area contributed by atoms with Gasteiger partial charge in [-0.25, -0.2) is 4.79 Å². The number of benzene rings is 1.